The molecule has 132 valence electrons. The van der Waals surface area contributed by atoms with Crippen molar-refractivity contribution >= 4 is 11.8 Å². The number of likely N-dealkylation sites (tertiary alicyclic amines) is 2. The molecular formula is C18H33N3O2. The number of nitrogens with zero attached hydrogens (tertiary/aromatic N) is 2. The highest BCUT2D eigenvalue weighted by Gasteiger charge is 2.23. The molecule has 2 saturated heterocycles. The molecule has 2 amide bonds. The van der Waals surface area contributed by atoms with Crippen molar-refractivity contribution in [2.24, 2.45) is 5.92 Å². The third kappa shape index (κ3) is 6.13. The molecule has 2 aliphatic heterocycles. The molecule has 0 spiro atoms. The lowest BCUT2D eigenvalue weighted by atomic mass is 9.97. The average Bonchev–Trinajstić information content (AvgIpc) is 2.53. The molecule has 0 saturated carbocycles. The Kier molecular flexibility index (Phi) is 7.34. The molecule has 23 heavy (non-hydrogen) atoms. The summed E-state index contributed by atoms with van der Waals surface area (Å²) in [5.74, 6) is 0.683. The summed E-state index contributed by atoms with van der Waals surface area (Å²) in [5, 5.41) is 3.06. The van der Waals surface area contributed by atoms with Crippen LogP contribution in [0.4, 0.5) is 0 Å². The summed E-state index contributed by atoms with van der Waals surface area (Å²) in [7, 11) is 0. The topological polar surface area (TPSA) is 52.7 Å². The maximum atomic E-state index is 12.2. The predicted octanol–water partition coefficient (Wildman–Crippen LogP) is 2.02. The quantitative estimate of drug-likeness (QED) is 0.842. The lowest BCUT2D eigenvalue weighted by Crippen LogP contribution is -2.46. The fourth-order valence-corrected chi connectivity index (χ4v) is 3.60. The number of amides is 2. The van der Waals surface area contributed by atoms with E-state index in [1.807, 2.05) is 0 Å². The molecule has 5 heteroatoms. The first kappa shape index (κ1) is 18.2. The molecule has 0 radical (unpaired) electrons. The summed E-state index contributed by atoms with van der Waals surface area (Å²) in [4.78, 5) is 28.5. The first-order valence-electron chi connectivity index (χ1n) is 9.35. The Morgan fingerprint density at radius 2 is 1.96 bits per heavy atom. The molecule has 1 N–H and O–H groups in total. The van der Waals surface area contributed by atoms with Gasteiger partial charge in [0.2, 0.25) is 11.8 Å². The van der Waals surface area contributed by atoms with Crippen LogP contribution in [0.25, 0.3) is 0 Å². The van der Waals surface area contributed by atoms with Gasteiger partial charge in [-0.1, -0.05) is 12.8 Å². The number of piperidine rings is 1. The van der Waals surface area contributed by atoms with Gasteiger partial charge in [0, 0.05) is 32.1 Å². The minimum atomic E-state index is 0.000550. The van der Waals surface area contributed by atoms with Crippen molar-refractivity contribution in [3.8, 4) is 0 Å². The van der Waals surface area contributed by atoms with Crippen LogP contribution in [0, 0.1) is 5.92 Å². The van der Waals surface area contributed by atoms with Crippen LogP contribution in [0.15, 0.2) is 0 Å². The average molecular weight is 323 g/mol. The van der Waals surface area contributed by atoms with E-state index in [9.17, 15) is 9.59 Å². The summed E-state index contributed by atoms with van der Waals surface area (Å²) in [6.45, 7) is 8.41. The van der Waals surface area contributed by atoms with E-state index in [2.05, 4.69) is 24.1 Å². The van der Waals surface area contributed by atoms with Gasteiger partial charge in [-0.2, -0.15) is 0 Å². The molecule has 2 heterocycles. The van der Waals surface area contributed by atoms with Gasteiger partial charge in [0.05, 0.1) is 6.54 Å². The van der Waals surface area contributed by atoms with E-state index >= 15 is 0 Å². The van der Waals surface area contributed by atoms with Gasteiger partial charge in [0.1, 0.15) is 0 Å². The number of rotatable bonds is 5. The van der Waals surface area contributed by atoms with Gasteiger partial charge in [-0.05, 0) is 52.0 Å². The minimum Gasteiger partial charge on any atom is -0.354 e. The van der Waals surface area contributed by atoms with E-state index in [1.165, 1.54) is 25.8 Å². The Balaban J connectivity index is 1.72. The van der Waals surface area contributed by atoms with Crippen LogP contribution in [0.2, 0.25) is 0 Å². The highest BCUT2D eigenvalue weighted by atomic mass is 16.2. The van der Waals surface area contributed by atoms with E-state index < -0.39 is 0 Å². The van der Waals surface area contributed by atoms with E-state index in [-0.39, 0.29) is 18.4 Å². The first-order chi connectivity index (χ1) is 11.1. The second-order valence-electron chi connectivity index (χ2n) is 7.38. The summed E-state index contributed by atoms with van der Waals surface area (Å²) >= 11 is 0. The summed E-state index contributed by atoms with van der Waals surface area (Å²) in [6.07, 6.45) is 7.28. The van der Waals surface area contributed by atoms with Gasteiger partial charge in [0.25, 0.3) is 0 Å². The summed E-state index contributed by atoms with van der Waals surface area (Å²) < 4.78 is 0. The van der Waals surface area contributed by atoms with E-state index in [0.29, 0.717) is 18.4 Å². The lowest BCUT2D eigenvalue weighted by Gasteiger charge is -2.35. The molecule has 5 nitrogen and oxygen atoms in total. The van der Waals surface area contributed by atoms with Crippen molar-refractivity contribution in [1.82, 2.24) is 15.1 Å². The zero-order chi connectivity index (χ0) is 16.7. The Bertz CT molecular complexity index is 398. The Hall–Kier alpha value is -1.10. The monoisotopic (exact) mass is 323 g/mol. The summed E-state index contributed by atoms with van der Waals surface area (Å²) in [5.41, 5.74) is 0. The van der Waals surface area contributed by atoms with Gasteiger partial charge >= 0.3 is 0 Å². The van der Waals surface area contributed by atoms with Gasteiger partial charge < -0.3 is 15.1 Å². The molecule has 0 unspecified atom stereocenters. The molecule has 2 rings (SSSR count). The number of hydrogen-bond acceptors (Lipinski definition) is 3. The third-order valence-corrected chi connectivity index (χ3v) is 5.12. The summed E-state index contributed by atoms with van der Waals surface area (Å²) in [6, 6.07) is 0.576. The number of carbonyl (C=O) groups is 2. The molecule has 0 bridgehead atoms. The van der Waals surface area contributed by atoms with Crippen molar-refractivity contribution in [3.05, 3.63) is 0 Å². The van der Waals surface area contributed by atoms with Crippen LogP contribution in [-0.2, 0) is 9.59 Å². The van der Waals surface area contributed by atoms with E-state index in [0.717, 1.165) is 38.9 Å². The second kappa shape index (κ2) is 9.26. The molecule has 1 atom stereocenters. The van der Waals surface area contributed by atoms with Gasteiger partial charge in [-0.25, -0.2) is 0 Å². The fourth-order valence-electron chi connectivity index (χ4n) is 3.60. The Morgan fingerprint density at radius 3 is 2.74 bits per heavy atom. The number of hydrogen-bond donors (Lipinski definition) is 1. The van der Waals surface area contributed by atoms with Crippen LogP contribution in [0.3, 0.4) is 0 Å². The molecule has 0 aliphatic carbocycles. The first-order valence-corrected chi connectivity index (χ1v) is 9.35. The third-order valence-electron chi connectivity index (χ3n) is 5.12. The number of nitrogens with one attached hydrogen (secondary N) is 1. The molecule has 0 aromatic heterocycles. The lowest BCUT2D eigenvalue weighted by molar-refractivity contribution is -0.136. The zero-order valence-electron chi connectivity index (χ0n) is 14.9. The molecule has 2 aliphatic rings. The van der Waals surface area contributed by atoms with Crippen molar-refractivity contribution in [3.63, 3.8) is 0 Å². The second-order valence-corrected chi connectivity index (χ2v) is 7.38. The standard InChI is InChI=1S/C18H33N3O2/c1-15(2)20-11-7-8-16(13-20)12-19-17(22)14-21-10-6-4-3-5-9-18(21)23/h15-16H,3-14H2,1-2H3,(H,19,22)/t16-/m0/s1. The SMILES string of the molecule is CC(C)N1CCC[C@@H](CNC(=O)CN2CCCCCCC2=O)C1. The Labute approximate surface area is 140 Å². The van der Waals surface area contributed by atoms with Crippen LogP contribution in [0.1, 0.15) is 58.8 Å². The van der Waals surface area contributed by atoms with Crippen molar-refractivity contribution < 1.29 is 9.59 Å². The largest absolute Gasteiger partial charge is 0.354 e. The molecule has 2 fully saturated rings. The van der Waals surface area contributed by atoms with Gasteiger partial charge in [-0.15, -0.1) is 0 Å². The van der Waals surface area contributed by atoms with Crippen molar-refractivity contribution in [1.29, 1.82) is 0 Å². The van der Waals surface area contributed by atoms with E-state index in [4.69, 9.17) is 0 Å². The van der Waals surface area contributed by atoms with Gasteiger partial charge in [0.15, 0.2) is 0 Å². The minimum absolute atomic E-state index is 0.000550. The van der Waals surface area contributed by atoms with Crippen molar-refractivity contribution in [2.75, 3.05) is 32.7 Å². The van der Waals surface area contributed by atoms with Crippen LogP contribution < -0.4 is 5.32 Å². The van der Waals surface area contributed by atoms with E-state index in [1.54, 1.807) is 4.90 Å². The smallest absolute Gasteiger partial charge is 0.239 e. The maximum absolute atomic E-state index is 12.2. The Morgan fingerprint density at radius 1 is 1.17 bits per heavy atom. The molecule has 0 aromatic rings. The van der Waals surface area contributed by atoms with Crippen LogP contribution in [0.5, 0.6) is 0 Å². The molecule has 0 aromatic carbocycles. The highest BCUT2D eigenvalue weighted by molar-refractivity contribution is 5.84. The predicted molar refractivity (Wildman–Crippen MR) is 92.1 cm³/mol. The fraction of sp³-hybridized carbons (Fsp3) is 0.889. The van der Waals surface area contributed by atoms with Crippen molar-refractivity contribution in [2.45, 2.75) is 64.8 Å². The zero-order valence-corrected chi connectivity index (χ0v) is 14.9. The van der Waals surface area contributed by atoms with Gasteiger partial charge in [-0.3, -0.25) is 9.59 Å². The maximum Gasteiger partial charge on any atom is 0.239 e. The molecular weight excluding hydrogens is 290 g/mol. The van der Waals surface area contributed by atoms with Crippen LogP contribution in [-0.4, -0.2) is 60.4 Å². The normalized spacial score (nSPS) is 24.4. The van der Waals surface area contributed by atoms with Crippen LogP contribution >= 0.6 is 0 Å². The highest BCUT2D eigenvalue weighted by Crippen LogP contribution is 2.17. The number of carbonyl (C=O) groups excluding carboxylic acids is 2.